The number of halogens is 1. The molecule has 0 aromatic carbocycles. The highest BCUT2D eigenvalue weighted by Gasteiger charge is 1.98. The number of pyridine rings is 1. The van der Waals surface area contributed by atoms with Crippen LogP contribution in [0.25, 0.3) is 0 Å². The summed E-state index contributed by atoms with van der Waals surface area (Å²) in [6.07, 6.45) is 2.00. The Balaban J connectivity index is 1.83. The molecule has 0 saturated heterocycles. The van der Waals surface area contributed by atoms with Crippen molar-refractivity contribution in [2.24, 2.45) is 0 Å². The summed E-state index contributed by atoms with van der Waals surface area (Å²) in [6, 6.07) is 5.42. The summed E-state index contributed by atoms with van der Waals surface area (Å²) in [4.78, 5) is 7.98. The van der Waals surface area contributed by atoms with E-state index in [2.05, 4.69) is 25.0 Å². The monoisotopic (exact) mass is 224 g/mol. The number of nitrogens with one attached hydrogen (secondary N) is 1. The van der Waals surface area contributed by atoms with Crippen LogP contribution in [0.2, 0.25) is 5.15 Å². The molecule has 0 atom stereocenters. The Labute approximate surface area is 91.5 Å². The molecule has 2 heterocycles. The molecule has 0 amide bonds. The molecule has 78 valence electrons. The van der Waals surface area contributed by atoms with Gasteiger partial charge in [0.15, 0.2) is 5.82 Å². The summed E-state index contributed by atoms with van der Waals surface area (Å²) in [5.41, 5.74) is 0. The van der Waals surface area contributed by atoms with Crippen molar-refractivity contribution < 1.29 is 4.52 Å². The van der Waals surface area contributed by atoms with Crippen LogP contribution in [0.3, 0.4) is 0 Å². The minimum atomic E-state index is 0.472. The zero-order chi connectivity index (χ0) is 10.5. The fourth-order valence-electron chi connectivity index (χ4n) is 1.11. The third-order valence-electron chi connectivity index (χ3n) is 1.78. The summed E-state index contributed by atoms with van der Waals surface area (Å²) < 4.78 is 4.61. The maximum Gasteiger partial charge on any atom is 0.213 e. The van der Waals surface area contributed by atoms with Gasteiger partial charge < -0.3 is 9.84 Å². The van der Waals surface area contributed by atoms with Crippen LogP contribution in [0.15, 0.2) is 29.1 Å². The first-order valence-electron chi connectivity index (χ1n) is 4.46. The lowest BCUT2D eigenvalue weighted by Gasteiger charge is -2.02. The zero-order valence-corrected chi connectivity index (χ0v) is 8.61. The summed E-state index contributed by atoms with van der Waals surface area (Å²) in [5, 5.41) is 7.27. The van der Waals surface area contributed by atoms with Gasteiger partial charge in [-0.3, -0.25) is 0 Å². The van der Waals surface area contributed by atoms with Crippen LogP contribution >= 0.6 is 11.6 Å². The zero-order valence-electron chi connectivity index (χ0n) is 7.85. The van der Waals surface area contributed by atoms with E-state index < -0.39 is 0 Å². The van der Waals surface area contributed by atoms with Gasteiger partial charge in [-0.05, 0) is 12.1 Å². The summed E-state index contributed by atoms with van der Waals surface area (Å²) in [6.45, 7) is 0.687. The maximum absolute atomic E-state index is 5.73. The Hall–Kier alpha value is -1.62. The average molecular weight is 225 g/mol. The highest BCUT2D eigenvalue weighted by Crippen LogP contribution is 2.08. The molecule has 0 aliphatic heterocycles. The van der Waals surface area contributed by atoms with Crippen molar-refractivity contribution in [3.63, 3.8) is 0 Å². The van der Waals surface area contributed by atoms with Crippen molar-refractivity contribution in [2.75, 3.05) is 11.9 Å². The Kier molecular flexibility index (Phi) is 3.14. The molecule has 0 radical (unpaired) electrons. The minimum absolute atomic E-state index is 0.472. The van der Waals surface area contributed by atoms with Crippen LogP contribution in [-0.4, -0.2) is 21.7 Å². The van der Waals surface area contributed by atoms with E-state index >= 15 is 0 Å². The molecule has 2 aromatic rings. The van der Waals surface area contributed by atoms with E-state index in [1.165, 1.54) is 6.39 Å². The Morgan fingerprint density at radius 3 is 3.07 bits per heavy atom. The van der Waals surface area contributed by atoms with Crippen molar-refractivity contribution >= 4 is 17.4 Å². The van der Waals surface area contributed by atoms with Gasteiger partial charge in [-0.1, -0.05) is 22.8 Å². The van der Waals surface area contributed by atoms with E-state index in [1.54, 1.807) is 6.07 Å². The van der Waals surface area contributed by atoms with E-state index in [-0.39, 0.29) is 0 Å². The first-order valence-corrected chi connectivity index (χ1v) is 4.84. The second-order valence-electron chi connectivity index (χ2n) is 2.87. The molecule has 6 heteroatoms. The molecule has 0 aliphatic carbocycles. The molecule has 2 rings (SSSR count). The number of nitrogens with zero attached hydrogens (tertiary/aromatic N) is 3. The number of hydrogen-bond donors (Lipinski definition) is 1. The molecule has 0 unspecified atom stereocenters. The highest BCUT2D eigenvalue weighted by molar-refractivity contribution is 6.29. The molecular weight excluding hydrogens is 216 g/mol. The molecule has 0 saturated carbocycles. The second-order valence-corrected chi connectivity index (χ2v) is 3.26. The third kappa shape index (κ3) is 2.92. The van der Waals surface area contributed by atoms with E-state index in [1.807, 2.05) is 12.1 Å². The molecule has 5 nitrogen and oxygen atoms in total. The van der Waals surface area contributed by atoms with Crippen molar-refractivity contribution in [3.8, 4) is 0 Å². The molecule has 0 bridgehead atoms. The normalized spacial score (nSPS) is 10.2. The topological polar surface area (TPSA) is 63.8 Å². The van der Waals surface area contributed by atoms with Gasteiger partial charge in [-0.2, -0.15) is 4.98 Å². The van der Waals surface area contributed by atoms with Crippen molar-refractivity contribution in [2.45, 2.75) is 6.42 Å². The Morgan fingerprint density at radius 2 is 2.33 bits per heavy atom. The van der Waals surface area contributed by atoms with E-state index in [0.717, 1.165) is 5.82 Å². The predicted molar refractivity (Wildman–Crippen MR) is 55.7 cm³/mol. The van der Waals surface area contributed by atoms with Gasteiger partial charge in [-0.25, -0.2) is 4.98 Å². The highest BCUT2D eigenvalue weighted by atomic mass is 35.5. The molecule has 1 N–H and O–H groups in total. The standard InChI is InChI=1S/C9H9ClN4O/c10-7-2-1-3-8(13-7)11-5-4-9-12-6-15-14-9/h1-3,6H,4-5H2,(H,11,13). The second kappa shape index (κ2) is 4.75. The van der Waals surface area contributed by atoms with E-state index in [9.17, 15) is 0 Å². The number of aromatic nitrogens is 3. The first kappa shape index (κ1) is 9.92. The summed E-state index contributed by atoms with van der Waals surface area (Å²) in [7, 11) is 0. The Morgan fingerprint density at radius 1 is 1.40 bits per heavy atom. The third-order valence-corrected chi connectivity index (χ3v) is 1.99. The predicted octanol–water partition coefficient (Wildman–Crippen LogP) is 1.77. The molecule has 15 heavy (non-hydrogen) atoms. The molecule has 0 aliphatic rings. The van der Waals surface area contributed by atoms with Gasteiger partial charge in [-0.15, -0.1) is 0 Å². The lowest BCUT2D eigenvalue weighted by atomic mass is 10.4. The van der Waals surface area contributed by atoms with Gasteiger partial charge in [0, 0.05) is 13.0 Å². The van der Waals surface area contributed by atoms with Crippen LogP contribution in [0, 0.1) is 0 Å². The largest absolute Gasteiger partial charge is 0.370 e. The van der Waals surface area contributed by atoms with Gasteiger partial charge in [0.2, 0.25) is 6.39 Å². The fraction of sp³-hybridized carbons (Fsp3) is 0.222. The number of hydrogen-bond acceptors (Lipinski definition) is 5. The fourth-order valence-corrected chi connectivity index (χ4v) is 1.28. The quantitative estimate of drug-likeness (QED) is 0.802. The minimum Gasteiger partial charge on any atom is -0.370 e. The van der Waals surface area contributed by atoms with Crippen LogP contribution in [0.4, 0.5) is 5.82 Å². The smallest absolute Gasteiger partial charge is 0.213 e. The van der Waals surface area contributed by atoms with Crippen molar-refractivity contribution in [1.82, 2.24) is 15.1 Å². The lowest BCUT2D eigenvalue weighted by Crippen LogP contribution is -2.07. The van der Waals surface area contributed by atoms with Crippen LogP contribution in [0.5, 0.6) is 0 Å². The van der Waals surface area contributed by atoms with Gasteiger partial charge in [0.05, 0.1) is 0 Å². The number of rotatable bonds is 4. The van der Waals surface area contributed by atoms with Crippen LogP contribution in [0.1, 0.15) is 5.82 Å². The van der Waals surface area contributed by atoms with E-state index in [0.29, 0.717) is 23.9 Å². The van der Waals surface area contributed by atoms with Gasteiger partial charge in [0.25, 0.3) is 0 Å². The lowest BCUT2D eigenvalue weighted by molar-refractivity contribution is 0.410. The molecule has 0 fully saturated rings. The molecule has 0 spiro atoms. The van der Waals surface area contributed by atoms with E-state index in [4.69, 9.17) is 11.6 Å². The SMILES string of the molecule is Clc1cccc(NCCc2ncon2)n1. The summed E-state index contributed by atoms with van der Waals surface area (Å²) >= 11 is 5.73. The first-order chi connectivity index (χ1) is 7.34. The van der Waals surface area contributed by atoms with Crippen LogP contribution in [-0.2, 0) is 6.42 Å². The van der Waals surface area contributed by atoms with Crippen LogP contribution < -0.4 is 5.32 Å². The van der Waals surface area contributed by atoms with Gasteiger partial charge >= 0.3 is 0 Å². The Bertz CT molecular complexity index is 418. The van der Waals surface area contributed by atoms with Gasteiger partial charge in [0.1, 0.15) is 11.0 Å². The number of anilines is 1. The van der Waals surface area contributed by atoms with Crippen molar-refractivity contribution in [3.05, 3.63) is 35.6 Å². The van der Waals surface area contributed by atoms with Crippen molar-refractivity contribution in [1.29, 1.82) is 0 Å². The maximum atomic E-state index is 5.73. The average Bonchev–Trinajstić information content (AvgIpc) is 2.71. The molecule has 2 aromatic heterocycles. The molecular formula is C9H9ClN4O. The summed E-state index contributed by atoms with van der Waals surface area (Å²) in [5.74, 6) is 1.41.